The van der Waals surface area contributed by atoms with Crippen LogP contribution in [0.25, 0.3) is 0 Å². The standard InChI is InChI=1S/C53H97NO13/c1-3-5-7-9-11-13-15-17-19-21-23-25-27-29-31-33-35-37-45(58)54-41(42(57)36-34-32-30-28-26-24-22-20-18-16-14-12-10-8-6-4-2)40-64-52-50(63)48(61)51(44(39-56)66-52)67-53-49(62)47(60)46(59)43(38-55)65-53/h11,13,17,19,34,36,41-44,46-53,55-57,59-63H,3-10,12,14-16,18,20-33,35,37-40H2,1-2H3,(H,54,58)/b13-11-,19-17-,36-34+. The van der Waals surface area contributed by atoms with Gasteiger partial charge < -0.3 is 65.1 Å². The molecule has 14 heteroatoms. The van der Waals surface area contributed by atoms with E-state index in [1.54, 1.807) is 6.08 Å². The van der Waals surface area contributed by atoms with Crippen molar-refractivity contribution in [2.45, 2.75) is 274 Å². The van der Waals surface area contributed by atoms with Crippen molar-refractivity contribution in [2.24, 2.45) is 0 Å². The minimum absolute atomic E-state index is 0.248. The Bertz CT molecular complexity index is 1270. The maximum absolute atomic E-state index is 13.2. The monoisotopic (exact) mass is 956 g/mol. The first-order chi connectivity index (χ1) is 32.6. The number of carbonyl (C=O) groups excluding carboxylic acids is 1. The number of unbranched alkanes of at least 4 members (excludes halogenated alkanes) is 24. The minimum atomic E-state index is -1.79. The lowest BCUT2D eigenvalue weighted by Crippen LogP contribution is -2.65. The van der Waals surface area contributed by atoms with Crippen LogP contribution in [0, 0.1) is 0 Å². The average Bonchev–Trinajstić information content (AvgIpc) is 3.32. The maximum Gasteiger partial charge on any atom is 0.220 e. The van der Waals surface area contributed by atoms with Crippen LogP contribution in [0.15, 0.2) is 36.5 Å². The first-order valence-electron chi connectivity index (χ1n) is 26.7. The van der Waals surface area contributed by atoms with Crippen molar-refractivity contribution >= 4 is 5.91 Å². The topological polar surface area (TPSA) is 228 Å². The molecular formula is C53H97NO13. The van der Waals surface area contributed by atoms with E-state index in [0.717, 1.165) is 57.8 Å². The summed E-state index contributed by atoms with van der Waals surface area (Å²) in [6, 6.07) is -0.917. The van der Waals surface area contributed by atoms with Crippen molar-refractivity contribution in [3.8, 4) is 0 Å². The van der Waals surface area contributed by atoms with Gasteiger partial charge in [-0.25, -0.2) is 0 Å². The molecule has 0 aromatic heterocycles. The summed E-state index contributed by atoms with van der Waals surface area (Å²) in [6.07, 6.45) is 28.8. The number of hydrogen-bond acceptors (Lipinski definition) is 13. The second-order valence-corrected chi connectivity index (χ2v) is 19.0. The Labute approximate surface area is 404 Å². The molecule has 0 radical (unpaired) electrons. The van der Waals surface area contributed by atoms with Crippen molar-refractivity contribution < 1.29 is 64.6 Å². The summed E-state index contributed by atoms with van der Waals surface area (Å²) < 4.78 is 22.7. The highest BCUT2D eigenvalue weighted by Crippen LogP contribution is 2.30. The van der Waals surface area contributed by atoms with E-state index in [4.69, 9.17) is 18.9 Å². The van der Waals surface area contributed by atoms with E-state index in [2.05, 4.69) is 43.5 Å². The number of rotatable bonds is 41. The van der Waals surface area contributed by atoms with Crippen LogP contribution < -0.4 is 5.32 Å². The Hall–Kier alpha value is -1.79. The van der Waals surface area contributed by atoms with Gasteiger partial charge in [-0.2, -0.15) is 0 Å². The molecule has 2 aliphatic heterocycles. The van der Waals surface area contributed by atoms with Crippen LogP contribution in [0.3, 0.4) is 0 Å². The lowest BCUT2D eigenvalue weighted by Gasteiger charge is -2.46. The van der Waals surface area contributed by atoms with E-state index < -0.39 is 86.8 Å². The van der Waals surface area contributed by atoms with Gasteiger partial charge >= 0.3 is 0 Å². The zero-order chi connectivity index (χ0) is 48.9. The lowest BCUT2D eigenvalue weighted by molar-refractivity contribution is -0.359. The predicted octanol–water partition coefficient (Wildman–Crippen LogP) is 7.49. The summed E-state index contributed by atoms with van der Waals surface area (Å²) in [5.41, 5.74) is 0. The fourth-order valence-electron chi connectivity index (χ4n) is 8.67. The van der Waals surface area contributed by atoms with Crippen molar-refractivity contribution in [2.75, 3.05) is 19.8 Å². The van der Waals surface area contributed by atoms with Crippen molar-refractivity contribution in [3.63, 3.8) is 0 Å². The van der Waals surface area contributed by atoms with E-state index in [1.165, 1.54) is 116 Å². The first kappa shape index (κ1) is 61.3. The van der Waals surface area contributed by atoms with Crippen molar-refractivity contribution in [3.05, 3.63) is 36.5 Å². The quantitative estimate of drug-likeness (QED) is 0.0214. The molecule has 0 saturated carbocycles. The molecule has 0 aliphatic carbocycles. The molecule has 0 bridgehead atoms. The van der Waals surface area contributed by atoms with Gasteiger partial charge in [-0.05, 0) is 51.4 Å². The van der Waals surface area contributed by atoms with Gasteiger partial charge in [0.25, 0.3) is 0 Å². The summed E-state index contributed by atoms with van der Waals surface area (Å²) in [5.74, 6) is -0.248. The fraction of sp³-hybridized carbons (Fsp3) is 0.868. The number of aliphatic hydroxyl groups is 8. The molecule has 9 N–H and O–H groups in total. The number of hydrogen-bond donors (Lipinski definition) is 9. The number of amides is 1. The molecule has 12 atom stereocenters. The second-order valence-electron chi connectivity index (χ2n) is 19.0. The van der Waals surface area contributed by atoms with Crippen molar-refractivity contribution in [1.82, 2.24) is 5.32 Å². The van der Waals surface area contributed by atoms with Crippen LogP contribution in [0.1, 0.15) is 200 Å². The molecule has 0 aromatic rings. The minimum Gasteiger partial charge on any atom is -0.394 e. The lowest BCUT2D eigenvalue weighted by atomic mass is 9.97. The molecule has 392 valence electrons. The number of carbonyl (C=O) groups is 1. The van der Waals surface area contributed by atoms with Gasteiger partial charge in [0.2, 0.25) is 5.91 Å². The molecule has 0 spiro atoms. The Morgan fingerprint density at radius 3 is 1.52 bits per heavy atom. The van der Waals surface area contributed by atoms with E-state index in [9.17, 15) is 45.6 Å². The average molecular weight is 956 g/mol. The van der Waals surface area contributed by atoms with Gasteiger partial charge in [0.1, 0.15) is 48.8 Å². The van der Waals surface area contributed by atoms with E-state index >= 15 is 0 Å². The van der Waals surface area contributed by atoms with Crippen LogP contribution >= 0.6 is 0 Å². The third-order valence-electron chi connectivity index (χ3n) is 13.1. The van der Waals surface area contributed by atoms with Crippen LogP contribution in [-0.4, -0.2) is 140 Å². The summed E-state index contributed by atoms with van der Waals surface area (Å²) >= 11 is 0. The molecule has 2 fully saturated rings. The van der Waals surface area contributed by atoms with Crippen LogP contribution in [0.4, 0.5) is 0 Å². The van der Waals surface area contributed by atoms with Gasteiger partial charge in [-0.1, -0.05) is 179 Å². The second kappa shape index (κ2) is 39.9. The predicted molar refractivity (Wildman–Crippen MR) is 263 cm³/mol. The summed E-state index contributed by atoms with van der Waals surface area (Å²) in [6.45, 7) is 2.76. The molecule has 2 aliphatic rings. The largest absolute Gasteiger partial charge is 0.394 e. The Morgan fingerprint density at radius 2 is 0.985 bits per heavy atom. The van der Waals surface area contributed by atoms with Crippen LogP contribution in [-0.2, 0) is 23.7 Å². The van der Waals surface area contributed by atoms with Crippen LogP contribution in [0.2, 0.25) is 0 Å². The maximum atomic E-state index is 13.2. The first-order valence-corrected chi connectivity index (χ1v) is 26.7. The zero-order valence-corrected chi connectivity index (χ0v) is 41.6. The van der Waals surface area contributed by atoms with E-state index in [1.807, 2.05) is 6.08 Å². The van der Waals surface area contributed by atoms with E-state index in [0.29, 0.717) is 6.42 Å². The molecule has 67 heavy (non-hydrogen) atoms. The van der Waals surface area contributed by atoms with Gasteiger partial charge in [-0.15, -0.1) is 0 Å². The fourth-order valence-corrected chi connectivity index (χ4v) is 8.67. The SMILES string of the molecule is CCCCC/C=C\C/C=C\CCCCCCCCCC(=O)NC(COC1OC(CO)C(OC2OC(CO)C(O)C(O)C2O)C(O)C1O)C(O)/C=C/CCCCCCCCCCCCCCCC. The molecular weight excluding hydrogens is 859 g/mol. The molecule has 14 nitrogen and oxygen atoms in total. The summed E-state index contributed by atoms with van der Waals surface area (Å²) in [7, 11) is 0. The zero-order valence-electron chi connectivity index (χ0n) is 41.6. The molecule has 1 amide bonds. The molecule has 12 unspecified atom stereocenters. The molecule has 2 heterocycles. The molecule has 2 saturated heterocycles. The molecule has 2 rings (SSSR count). The van der Waals surface area contributed by atoms with Gasteiger partial charge in [0.15, 0.2) is 12.6 Å². The Kier molecular flexibility index (Phi) is 36.5. The summed E-state index contributed by atoms with van der Waals surface area (Å²) in [4.78, 5) is 13.2. The normalized spacial score (nSPS) is 26.8. The van der Waals surface area contributed by atoms with Gasteiger partial charge in [-0.3, -0.25) is 4.79 Å². The highest BCUT2D eigenvalue weighted by molar-refractivity contribution is 5.76. The molecule has 0 aromatic carbocycles. The Balaban J connectivity index is 1.84. The highest BCUT2D eigenvalue weighted by Gasteiger charge is 2.51. The van der Waals surface area contributed by atoms with E-state index in [-0.39, 0.29) is 18.9 Å². The third kappa shape index (κ3) is 26.8. The Morgan fingerprint density at radius 1 is 0.537 bits per heavy atom. The highest BCUT2D eigenvalue weighted by atomic mass is 16.7. The van der Waals surface area contributed by atoms with Gasteiger partial charge in [0.05, 0.1) is 32.0 Å². The number of allylic oxidation sites excluding steroid dienone is 5. The number of ether oxygens (including phenoxy) is 4. The van der Waals surface area contributed by atoms with Crippen molar-refractivity contribution in [1.29, 1.82) is 0 Å². The number of nitrogens with one attached hydrogen (secondary N) is 1. The van der Waals surface area contributed by atoms with Gasteiger partial charge in [0, 0.05) is 6.42 Å². The third-order valence-corrected chi connectivity index (χ3v) is 13.1. The smallest absolute Gasteiger partial charge is 0.220 e. The summed E-state index contributed by atoms with van der Waals surface area (Å²) in [5, 5.41) is 86.8. The number of aliphatic hydroxyl groups excluding tert-OH is 8. The van der Waals surface area contributed by atoms with Crippen LogP contribution in [0.5, 0.6) is 0 Å².